The van der Waals surface area contributed by atoms with Crippen LogP contribution in [0.5, 0.6) is 5.75 Å². The van der Waals surface area contributed by atoms with Crippen LogP contribution in [0.25, 0.3) is 0 Å². The number of phenolic OH excluding ortho intramolecular Hbond substituents is 1. The highest BCUT2D eigenvalue weighted by Crippen LogP contribution is 2.21. The highest BCUT2D eigenvalue weighted by atomic mass is 16.3. The number of carbonyl (C=O) groups is 1. The Kier molecular flexibility index (Phi) is 3.67. The summed E-state index contributed by atoms with van der Waals surface area (Å²) in [5.74, 6) is -0.0901. The predicted octanol–water partition coefficient (Wildman–Crippen LogP) is 2.76. The average molecular weight is 233 g/mol. The van der Waals surface area contributed by atoms with Gasteiger partial charge < -0.3 is 10.4 Å². The number of rotatable bonds is 2. The van der Waals surface area contributed by atoms with Crippen LogP contribution < -0.4 is 5.32 Å². The van der Waals surface area contributed by atoms with Crippen LogP contribution in [-0.4, -0.2) is 17.1 Å². The van der Waals surface area contributed by atoms with Gasteiger partial charge in [0.1, 0.15) is 5.75 Å². The molecule has 0 spiro atoms. The Hall–Kier alpha value is -1.51. The maximum absolute atomic E-state index is 12.0. The fraction of sp³-hybridized carbons (Fsp3) is 0.500. The first-order valence-corrected chi connectivity index (χ1v) is 6.27. The summed E-state index contributed by atoms with van der Waals surface area (Å²) in [7, 11) is 0. The number of aryl methyl sites for hydroxylation is 1. The van der Waals surface area contributed by atoms with Crippen LogP contribution in [0, 0.1) is 6.92 Å². The molecule has 0 aliphatic heterocycles. The molecule has 1 fully saturated rings. The molecule has 0 bridgehead atoms. The molecule has 92 valence electrons. The van der Waals surface area contributed by atoms with Crippen molar-refractivity contribution in [3.63, 3.8) is 0 Å². The van der Waals surface area contributed by atoms with Crippen LogP contribution in [0.2, 0.25) is 0 Å². The van der Waals surface area contributed by atoms with Crippen molar-refractivity contribution >= 4 is 5.91 Å². The van der Waals surface area contributed by atoms with E-state index in [-0.39, 0.29) is 17.7 Å². The first-order chi connectivity index (χ1) is 8.16. The van der Waals surface area contributed by atoms with Gasteiger partial charge in [-0.05, 0) is 37.5 Å². The second-order valence-corrected chi connectivity index (χ2v) is 4.83. The zero-order chi connectivity index (χ0) is 12.3. The number of hydrogen-bond acceptors (Lipinski definition) is 2. The summed E-state index contributed by atoms with van der Waals surface area (Å²) >= 11 is 0. The molecule has 2 rings (SSSR count). The lowest BCUT2D eigenvalue weighted by Gasteiger charge is -2.22. The number of aromatic hydroxyl groups is 1. The van der Waals surface area contributed by atoms with Gasteiger partial charge in [-0.25, -0.2) is 0 Å². The zero-order valence-electron chi connectivity index (χ0n) is 10.2. The maximum Gasteiger partial charge on any atom is 0.255 e. The number of nitrogens with one attached hydrogen (secondary N) is 1. The molecule has 0 unspecified atom stereocenters. The molecule has 1 aromatic carbocycles. The molecule has 1 aliphatic carbocycles. The number of hydrogen-bond donors (Lipinski definition) is 2. The topological polar surface area (TPSA) is 49.3 Å². The van der Waals surface area contributed by atoms with Gasteiger partial charge in [-0.1, -0.05) is 25.3 Å². The normalized spacial score (nSPS) is 16.8. The van der Waals surface area contributed by atoms with Crippen LogP contribution in [-0.2, 0) is 0 Å². The van der Waals surface area contributed by atoms with Gasteiger partial charge in [-0.15, -0.1) is 0 Å². The number of carbonyl (C=O) groups excluding carboxylic acids is 1. The van der Waals surface area contributed by atoms with Crippen molar-refractivity contribution in [1.29, 1.82) is 0 Å². The highest BCUT2D eigenvalue weighted by molar-refractivity contribution is 5.97. The smallest absolute Gasteiger partial charge is 0.255 e. The van der Waals surface area contributed by atoms with E-state index in [1.807, 2.05) is 13.0 Å². The highest BCUT2D eigenvalue weighted by Gasteiger charge is 2.18. The minimum atomic E-state index is -0.158. The molecule has 1 amide bonds. The zero-order valence-corrected chi connectivity index (χ0v) is 10.2. The second-order valence-electron chi connectivity index (χ2n) is 4.83. The van der Waals surface area contributed by atoms with E-state index < -0.39 is 0 Å². The van der Waals surface area contributed by atoms with E-state index in [1.165, 1.54) is 19.3 Å². The molecule has 3 heteroatoms. The van der Waals surface area contributed by atoms with Crippen LogP contribution in [0.1, 0.15) is 48.0 Å². The van der Waals surface area contributed by atoms with E-state index in [1.54, 1.807) is 12.1 Å². The molecule has 0 radical (unpaired) electrons. The van der Waals surface area contributed by atoms with Crippen LogP contribution in [0.3, 0.4) is 0 Å². The maximum atomic E-state index is 12.0. The van der Waals surface area contributed by atoms with Crippen molar-refractivity contribution in [2.45, 2.75) is 45.1 Å². The van der Waals surface area contributed by atoms with Gasteiger partial charge in [0.25, 0.3) is 5.91 Å². The summed E-state index contributed by atoms with van der Waals surface area (Å²) in [4.78, 5) is 12.0. The molecular weight excluding hydrogens is 214 g/mol. The summed E-state index contributed by atoms with van der Waals surface area (Å²) in [6, 6.07) is 5.42. The van der Waals surface area contributed by atoms with Crippen molar-refractivity contribution in [3.05, 3.63) is 29.3 Å². The third kappa shape index (κ3) is 2.99. The lowest BCUT2D eigenvalue weighted by atomic mass is 9.95. The lowest BCUT2D eigenvalue weighted by Crippen LogP contribution is -2.36. The summed E-state index contributed by atoms with van der Waals surface area (Å²) < 4.78 is 0. The molecule has 1 saturated carbocycles. The van der Waals surface area contributed by atoms with Crippen LogP contribution in [0.4, 0.5) is 0 Å². The van der Waals surface area contributed by atoms with Crippen molar-refractivity contribution in [1.82, 2.24) is 5.32 Å². The third-order valence-corrected chi connectivity index (χ3v) is 3.34. The van der Waals surface area contributed by atoms with E-state index in [0.29, 0.717) is 5.56 Å². The van der Waals surface area contributed by atoms with Gasteiger partial charge >= 0.3 is 0 Å². The molecule has 0 heterocycles. The lowest BCUT2D eigenvalue weighted by molar-refractivity contribution is 0.0925. The molecule has 0 saturated heterocycles. The molecule has 0 aromatic heterocycles. The minimum absolute atomic E-state index is 0.0679. The molecule has 1 aliphatic rings. The summed E-state index contributed by atoms with van der Waals surface area (Å²) in [6.07, 6.45) is 5.74. The minimum Gasteiger partial charge on any atom is -0.507 e. The molecule has 0 atom stereocenters. The molecule has 17 heavy (non-hydrogen) atoms. The summed E-state index contributed by atoms with van der Waals surface area (Å²) in [5, 5.41) is 12.7. The second kappa shape index (κ2) is 5.21. The van der Waals surface area contributed by atoms with Gasteiger partial charge in [0, 0.05) is 6.04 Å². The van der Waals surface area contributed by atoms with E-state index in [4.69, 9.17) is 0 Å². The largest absolute Gasteiger partial charge is 0.507 e. The quantitative estimate of drug-likeness (QED) is 0.825. The standard InChI is InChI=1S/C14H19NO2/c1-10-7-8-12(13(16)9-10)14(17)15-11-5-3-2-4-6-11/h7-9,11,16H,2-6H2,1H3,(H,15,17). The van der Waals surface area contributed by atoms with Crippen LogP contribution in [0.15, 0.2) is 18.2 Å². The van der Waals surface area contributed by atoms with Gasteiger partial charge in [-0.3, -0.25) is 4.79 Å². The molecule has 3 nitrogen and oxygen atoms in total. The SMILES string of the molecule is Cc1ccc(C(=O)NC2CCCCC2)c(O)c1. The monoisotopic (exact) mass is 233 g/mol. The van der Waals surface area contributed by atoms with E-state index >= 15 is 0 Å². The fourth-order valence-electron chi connectivity index (χ4n) is 2.34. The summed E-state index contributed by atoms with van der Waals surface area (Å²) in [6.45, 7) is 1.89. The Morgan fingerprint density at radius 2 is 2.00 bits per heavy atom. The molecule has 2 N–H and O–H groups in total. The van der Waals surface area contributed by atoms with E-state index in [2.05, 4.69) is 5.32 Å². The number of benzene rings is 1. The van der Waals surface area contributed by atoms with Crippen molar-refractivity contribution in [3.8, 4) is 5.75 Å². The van der Waals surface area contributed by atoms with Gasteiger partial charge in [-0.2, -0.15) is 0 Å². The van der Waals surface area contributed by atoms with Crippen molar-refractivity contribution in [2.75, 3.05) is 0 Å². The number of phenols is 1. The van der Waals surface area contributed by atoms with Gasteiger partial charge in [0.05, 0.1) is 5.56 Å². The Balaban J connectivity index is 2.03. The molecule has 1 aromatic rings. The van der Waals surface area contributed by atoms with Crippen molar-refractivity contribution < 1.29 is 9.90 Å². The first-order valence-electron chi connectivity index (χ1n) is 6.27. The Morgan fingerprint density at radius 1 is 1.29 bits per heavy atom. The van der Waals surface area contributed by atoms with Crippen molar-refractivity contribution in [2.24, 2.45) is 0 Å². The van der Waals surface area contributed by atoms with Crippen LogP contribution >= 0.6 is 0 Å². The Labute approximate surface area is 102 Å². The summed E-state index contributed by atoms with van der Waals surface area (Å²) in [5.41, 5.74) is 1.33. The number of amides is 1. The van der Waals surface area contributed by atoms with Gasteiger partial charge in [0.15, 0.2) is 0 Å². The fourth-order valence-corrected chi connectivity index (χ4v) is 2.34. The Morgan fingerprint density at radius 3 is 2.65 bits per heavy atom. The molecular formula is C14H19NO2. The average Bonchev–Trinajstić information content (AvgIpc) is 2.30. The van der Waals surface area contributed by atoms with E-state index in [0.717, 1.165) is 18.4 Å². The first kappa shape index (κ1) is 12.0. The Bertz CT molecular complexity index is 409. The van der Waals surface area contributed by atoms with Gasteiger partial charge in [0.2, 0.25) is 0 Å². The third-order valence-electron chi connectivity index (χ3n) is 3.34. The predicted molar refractivity (Wildman–Crippen MR) is 67.2 cm³/mol. The van der Waals surface area contributed by atoms with E-state index in [9.17, 15) is 9.90 Å².